The molecule has 0 saturated carbocycles. The quantitative estimate of drug-likeness (QED) is 0.260. The second-order valence-electron chi connectivity index (χ2n) is 9.90. The van der Waals surface area contributed by atoms with Crippen LogP contribution >= 0.6 is 0 Å². The van der Waals surface area contributed by atoms with Crippen molar-refractivity contribution in [3.63, 3.8) is 0 Å². The average molecular weight is 501 g/mol. The molecule has 2 heterocycles. The van der Waals surface area contributed by atoms with Gasteiger partial charge in [-0.05, 0) is 60.2 Å². The summed E-state index contributed by atoms with van der Waals surface area (Å²) in [7, 11) is 0. The molecule has 0 aliphatic heterocycles. The minimum atomic E-state index is 0.919. The molecule has 3 heteroatoms. The molecule has 0 bridgehead atoms. The topological polar surface area (TPSA) is 30.1 Å². The fourth-order valence-corrected chi connectivity index (χ4v) is 5.78. The minimum Gasteiger partial charge on any atom is -0.455 e. The number of fused-ring (bicyclic) bond motifs is 6. The molecule has 8 rings (SSSR count). The molecule has 2 aromatic heterocycles. The summed E-state index contributed by atoms with van der Waals surface area (Å²) in [6, 6.07) is 48.9. The van der Waals surface area contributed by atoms with Crippen molar-refractivity contribution >= 4 is 55.1 Å². The van der Waals surface area contributed by atoms with Gasteiger partial charge in [-0.25, -0.2) is 0 Å². The Kier molecular flexibility index (Phi) is 4.82. The molecule has 1 N–H and O–H groups in total. The van der Waals surface area contributed by atoms with Gasteiger partial charge in [0.25, 0.3) is 0 Å². The molecular formula is C36H24N2O. The van der Waals surface area contributed by atoms with Gasteiger partial charge in [0, 0.05) is 44.2 Å². The van der Waals surface area contributed by atoms with E-state index in [1.807, 2.05) is 12.1 Å². The molecule has 0 aliphatic carbocycles. The van der Waals surface area contributed by atoms with Gasteiger partial charge in [0.15, 0.2) is 0 Å². The Hall–Kier alpha value is -5.28. The van der Waals surface area contributed by atoms with E-state index in [1.54, 1.807) is 0 Å². The summed E-state index contributed by atoms with van der Waals surface area (Å²) < 4.78 is 8.59. The summed E-state index contributed by atoms with van der Waals surface area (Å²) in [5.41, 5.74) is 9.76. The molecule has 0 aliphatic rings. The van der Waals surface area contributed by atoms with Gasteiger partial charge >= 0.3 is 0 Å². The maximum absolute atomic E-state index is 6.26. The smallest absolute Gasteiger partial charge is 0.143 e. The van der Waals surface area contributed by atoms with Gasteiger partial charge in [-0.3, -0.25) is 0 Å². The fraction of sp³-hybridized carbons (Fsp3) is 0. The van der Waals surface area contributed by atoms with Gasteiger partial charge in [-0.2, -0.15) is 0 Å². The SMILES string of the molecule is c1ccc(-n2c3ccccc3c3cc(Nc4ccc(-c5cccc6c5oc5ccccc56)cc4)ccc32)cc1. The number of para-hydroxylation sites is 4. The van der Waals surface area contributed by atoms with Crippen LogP contribution in [0, 0.1) is 0 Å². The molecule has 184 valence electrons. The number of hydrogen-bond donors (Lipinski definition) is 1. The third kappa shape index (κ3) is 3.52. The Morgan fingerprint density at radius 3 is 2.05 bits per heavy atom. The Morgan fingerprint density at radius 2 is 1.18 bits per heavy atom. The molecule has 39 heavy (non-hydrogen) atoms. The summed E-state index contributed by atoms with van der Waals surface area (Å²) in [5, 5.41) is 8.38. The first-order chi connectivity index (χ1) is 19.3. The molecule has 0 radical (unpaired) electrons. The number of benzene rings is 6. The fourth-order valence-electron chi connectivity index (χ4n) is 5.78. The van der Waals surface area contributed by atoms with E-state index in [4.69, 9.17) is 4.42 Å². The number of nitrogens with one attached hydrogen (secondary N) is 1. The summed E-state index contributed by atoms with van der Waals surface area (Å²) in [5.74, 6) is 0. The molecule has 0 spiro atoms. The number of nitrogens with zero attached hydrogens (tertiary/aromatic N) is 1. The number of rotatable bonds is 4. The average Bonchev–Trinajstić information content (AvgIpc) is 3.54. The number of furan rings is 1. The van der Waals surface area contributed by atoms with Crippen LogP contribution in [-0.2, 0) is 0 Å². The molecular weight excluding hydrogens is 476 g/mol. The van der Waals surface area contributed by atoms with Gasteiger partial charge in [0.2, 0.25) is 0 Å². The molecule has 0 unspecified atom stereocenters. The van der Waals surface area contributed by atoms with Gasteiger partial charge in [-0.1, -0.05) is 84.9 Å². The van der Waals surface area contributed by atoms with Crippen LogP contribution in [-0.4, -0.2) is 4.57 Å². The Morgan fingerprint density at radius 1 is 0.487 bits per heavy atom. The van der Waals surface area contributed by atoms with Crippen molar-refractivity contribution in [1.82, 2.24) is 4.57 Å². The van der Waals surface area contributed by atoms with Crippen molar-refractivity contribution in [1.29, 1.82) is 0 Å². The van der Waals surface area contributed by atoms with Crippen LogP contribution in [0.25, 0.3) is 60.6 Å². The lowest BCUT2D eigenvalue weighted by molar-refractivity contribution is 0.670. The van der Waals surface area contributed by atoms with E-state index in [9.17, 15) is 0 Å². The minimum absolute atomic E-state index is 0.919. The largest absolute Gasteiger partial charge is 0.455 e. The lowest BCUT2D eigenvalue weighted by Crippen LogP contribution is -1.93. The Labute approximate surface area is 225 Å². The maximum Gasteiger partial charge on any atom is 0.143 e. The van der Waals surface area contributed by atoms with E-state index in [0.29, 0.717) is 0 Å². The number of aromatic nitrogens is 1. The van der Waals surface area contributed by atoms with Gasteiger partial charge in [-0.15, -0.1) is 0 Å². The monoisotopic (exact) mass is 500 g/mol. The predicted molar refractivity (Wildman–Crippen MR) is 163 cm³/mol. The predicted octanol–water partition coefficient (Wildman–Crippen LogP) is 10.1. The highest BCUT2D eigenvalue weighted by Gasteiger charge is 2.14. The van der Waals surface area contributed by atoms with Crippen LogP contribution in [0.1, 0.15) is 0 Å². The third-order valence-corrected chi connectivity index (χ3v) is 7.58. The first-order valence-electron chi connectivity index (χ1n) is 13.2. The van der Waals surface area contributed by atoms with Crippen LogP contribution in [0.15, 0.2) is 144 Å². The number of hydrogen-bond acceptors (Lipinski definition) is 2. The highest BCUT2D eigenvalue weighted by atomic mass is 16.3. The van der Waals surface area contributed by atoms with E-state index in [1.165, 1.54) is 27.5 Å². The van der Waals surface area contributed by atoms with Crippen LogP contribution in [0.2, 0.25) is 0 Å². The second-order valence-corrected chi connectivity index (χ2v) is 9.90. The van der Waals surface area contributed by atoms with Crippen molar-refractivity contribution < 1.29 is 4.42 Å². The standard InChI is InChI=1S/C36H24N2O/c1-2-9-27(10-3-1)38-33-15-6-4-11-29(33)32-23-26(21-22-34(32)38)37-25-19-17-24(18-20-25)28-13-8-14-31-30-12-5-7-16-35(30)39-36(28)31/h1-23,37H. The zero-order chi connectivity index (χ0) is 25.8. The van der Waals surface area contributed by atoms with Crippen molar-refractivity contribution in [3.05, 3.63) is 140 Å². The molecule has 0 saturated heterocycles. The highest BCUT2D eigenvalue weighted by molar-refractivity contribution is 6.11. The maximum atomic E-state index is 6.26. The zero-order valence-electron chi connectivity index (χ0n) is 21.1. The van der Waals surface area contributed by atoms with Crippen LogP contribution in [0.3, 0.4) is 0 Å². The van der Waals surface area contributed by atoms with Crippen LogP contribution < -0.4 is 5.32 Å². The van der Waals surface area contributed by atoms with Crippen LogP contribution in [0.5, 0.6) is 0 Å². The van der Waals surface area contributed by atoms with Gasteiger partial charge in [0.05, 0.1) is 11.0 Å². The van der Waals surface area contributed by atoms with E-state index in [0.717, 1.165) is 44.4 Å². The van der Waals surface area contributed by atoms with E-state index in [-0.39, 0.29) is 0 Å². The molecule has 6 aromatic carbocycles. The zero-order valence-corrected chi connectivity index (χ0v) is 21.1. The second kappa shape index (κ2) is 8.64. The third-order valence-electron chi connectivity index (χ3n) is 7.58. The lowest BCUT2D eigenvalue weighted by Gasteiger charge is -2.10. The Balaban J connectivity index is 1.16. The van der Waals surface area contributed by atoms with E-state index >= 15 is 0 Å². The van der Waals surface area contributed by atoms with Gasteiger partial charge < -0.3 is 14.3 Å². The first kappa shape index (κ1) is 21.8. The van der Waals surface area contributed by atoms with Crippen molar-refractivity contribution in [3.8, 4) is 16.8 Å². The molecule has 0 fully saturated rings. The highest BCUT2D eigenvalue weighted by Crippen LogP contribution is 2.37. The normalized spacial score (nSPS) is 11.6. The van der Waals surface area contributed by atoms with Gasteiger partial charge in [0.1, 0.15) is 11.2 Å². The lowest BCUT2D eigenvalue weighted by atomic mass is 10.0. The molecule has 3 nitrogen and oxygen atoms in total. The van der Waals surface area contributed by atoms with Crippen molar-refractivity contribution in [2.24, 2.45) is 0 Å². The molecule has 0 atom stereocenters. The molecule has 8 aromatic rings. The first-order valence-corrected chi connectivity index (χ1v) is 13.2. The summed E-state index contributed by atoms with van der Waals surface area (Å²) >= 11 is 0. The van der Waals surface area contributed by atoms with Crippen molar-refractivity contribution in [2.75, 3.05) is 5.32 Å². The van der Waals surface area contributed by atoms with E-state index in [2.05, 4.69) is 137 Å². The van der Waals surface area contributed by atoms with Crippen molar-refractivity contribution in [2.45, 2.75) is 0 Å². The Bertz CT molecular complexity index is 2130. The summed E-state index contributed by atoms with van der Waals surface area (Å²) in [4.78, 5) is 0. The van der Waals surface area contributed by atoms with E-state index < -0.39 is 0 Å². The van der Waals surface area contributed by atoms with Crippen LogP contribution in [0.4, 0.5) is 11.4 Å². The summed E-state index contributed by atoms with van der Waals surface area (Å²) in [6.45, 7) is 0. The molecule has 0 amide bonds. The summed E-state index contributed by atoms with van der Waals surface area (Å²) in [6.07, 6.45) is 0. The number of anilines is 2.